The molecule has 7 nitrogen and oxygen atoms in total. The minimum absolute atomic E-state index is 0.0389. The van der Waals surface area contributed by atoms with Crippen LogP contribution < -0.4 is 5.32 Å². The Morgan fingerprint density at radius 1 is 1.30 bits per heavy atom. The topological polar surface area (TPSA) is 85.8 Å². The van der Waals surface area contributed by atoms with Crippen molar-refractivity contribution in [1.82, 2.24) is 25.1 Å². The van der Waals surface area contributed by atoms with Gasteiger partial charge in [0, 0.05) is 23.5 Å². The lowest BCUT2D eigenvalue weighted by atomic mass is 10.1. The minimum Gasteiger partial charge on any atom is -0.467 e. The van der Waals surface area contributed by atoms with Crippen LogP contribution in [0.5, 0.6) is 0 Å². The predicted molar refractivity (Wildman–Crippen MR) is 104 cm³/mol. The number of nitrogens with zero attached hydrogens (tertiary/aromatic N) is 4. The number of rotatable bonds is 6. The van der Waals surface area contributed by atoms with Crippen molar-refractivity contribution in [2.45, 2.75) is 50.2 Å². The normalized spacial score (nSPS) is 12.7. The van der Waals surface area contributed by atoms with Crippen molar-refractivity contribution < 1.29 is 9.21 Å². The Bertz CT molecular complexity index is 885. The monoisotopic (exact) mass is 385 g/mol. The molecule has 0 aromatic carbocycles. The lowest BCUT2D eigenvalue weighted by Gasteiger charge is -2.22. The van der Waals surface area contributed by atoms with Gasteiger partial charge in [0.05, 0.1) is 18.1 Å². The van der Waals surface area contributed by atoms with E-state index in [-0.39, 0.29) is 16.7 Å². The van der Waals surface area contributed by atoms with Gasteiger partial charge in [0.25, 0.3) is 0 Å². The summed E-state index contributed by atoms with van der Waals surface area (Å²) < 4.78 is 7.44. The van der Waals surface area contributed by atoms with Crippen LogP contribution in [0.25, 0.3) is 11.4 Å². The van der Waals surface area contributed by atoms with Gasteiger partial charge >= 0.3 is 0 Å². The van der Waals surface area contributed by atoms with Gasteiger partial charge in [-0.3, -0.25) is 14.3 Å². The van der Waals surface area contributed by atoms with E-state index >= 15 is 0 Å². The molecule has 0 aliphatic carbocycles. The first-order chi connectivity index (χ1) is 12.8. The molecule has 1 atom stereocenters. The van der Waals surface area contributed by atoms with Gasteiger partial charge in [0.1, 0.15) is 5.76 Å². The van der Waals surface area contributed by atoms with Crippen LogP contribution in [-0.2, 0) is 11.3 Å². The van der Waals surface area contributed by atoms with E-state index in [0.29, 0.717) is 17.5 Å². The van der Waals surface area contributed by atoms with Gasteiger partial charge in [-0.2, -0.15) is 0 Å². The summed E-state index contributed by atoms with van der Waals surface area (Å²) in [5.41, 5.74) is 0.574. The maximum absolute atomic E-state index is 12.5. The molecule has 142 valence electrons. The van der Waals surface area contributed by atoms with E-state index in [1.165, 1.54) is 11.8 Å². The molecule has 3 rings (SSSR count). The first-order valence-electron chi connectivity index (χ1n) is 8.68. The fraction of sp³-hybridized carbons (Fsp3) is 0.368. The van der Waals surface area contributed by atoms with E-state index < -0.39 is 0 Å². The molecular formula is C19H23N5O2S. The van der Waals surface area contributed by atoms with Gasteiger partial charge in [-0.05, 0) is 52.0 Å². The molecule has 1 amide bonds. The summed E-state index contributed by atoms with van der Waals surface area (Å²) in [4.78, 5) is 16.6. The molecule has 0 aliphatic heterocycles. The largest absolute Gasteiger partial charge is 0.467 e. The number of amides is 1. The number of nitrogens with one attached hydrogen (secondary N) is 1. The molecule has 3 aromatic rings. The van der Waals surface area contributed by atoms with Crippen molar-refractivity contribution in [3.8, 4) is 11.4 Å². The van der Waals surface area contributed by atoms with Crippen LogP contribution in [-0.4, -0.2) is 36.4 Å². The zero-order valence-corrected chi connectivity index (χ0v) is 16.7. The van der Waals surface area contributed by atoms with Crippen LogP contribution >= 0.6 is 11.8 Å². The number of aromatic nitrogens is 4. The van der Waals surface area contributed by atoms with Crippen molar-refractivity contribution in [1.29, 1.82) is 0 Å². The van der Waals surface area contributed by atoms with Crippen LogP contribution in [0.3, 0.4) is 0 Å². The standard InChI is InChI=1S/C19H23N5O2S/c1-13(17(25)21-19(2,3)4)27-18-23-22-16(14-7-5-9-20-11-14)24(18)12-15-8-6-10-26-15/h5-11,13H,12H2,1-4H3,(H,21,25). The maximum Gasteiger partial charge on any atom is 0.233 e. The van der Waals surface area contributed by atoms with Crippen LogP contribution in [0.1, 0.15) is 33.5 Å². The molecule has 0 radical (unpaired) electrons. The highest BCUT2D eigenvalue weighted by atomic mass is 32.2. The highest BCUT2D eigenvalue weighted by molar-refractivity contribution is 8.00. The zero-order chi connectivity index (χ0) is 19.4. The number of carbonyl (C=O) groups excluding carboxylic acids is 1. The predicted octanol–water partition coefficient (Wildman–Crippen LogP) is 3.38. The van der Waals surface area contributed by atoms with Gasteiger partial charge in [-0.25, -0.2) is 0 Å². The van der Waals surface area contributed by atoms with Crippen LogP contribution in [0.15, 0.2) is 52.5 Å². The molecule has 0 spiro atoms. The number of thioether (sulfide) groups is 1. The third-order valence-electron chi connectivity index (χ3n) is 3.68. The number of hydrogen-bond acceptors (Lipinski definition) is 6. The summed E-state index contributed by atoms with van der Waals surface area (Å²) in [5, 5.41) is 12.0. The molecule has 0 bridgehead atoms. The summed E-state index contributed by atoms with van der Waals surface area (Å²) in [6.07, 6.45) is 5.09. The first-order valence-corrected chi connectivity index (χ1v) is 9.56. The summed E-state index contributed by atoms with van der Waals surface area (Å²) in [6.45, 7) is 8.22. The summed E-state index contributed by atoms with van der Waals surface area (Å²) in [6, 6.07) is 7.53. The number of carbonyl (C=O) groups is 1. The number of pyridine rings is 1. The lowest BCUT2D eigenvalue weighted by Crippen LogP contribution is -2.44. The molecular weight excluding hydrogens is 362 g/mol. The van der Waals surface area contributed by atoms with Gasteiger partial charge < -0.3 is 9.73 Å². The molecule has 3 heterocycles. The van der Waals surface area contributed by atoms with Crippen molar-refractivity contribution in [2.24, 2.45) is 0 Å². The van der Waals surface area contributed by atoms with Gasteiger partial charge in [0.15, 0.2) is 11.0 Å². The van der Waals surface area contributed by atoms with E-state index in [1.807, 2.05) is 56.5 Å². The minimum atomic E-state index is -0.314. The Morgan fingerprint density at radius 3 is 2.74 bits per heavy atom. The maximum atomic E-state index is 12.5. The second-order valence-electron chi connectivity index (χ2n) is 7.21. The summed E-state index contributed by atoms with van der Waals surface area (Å²) >= 11 is 1.37. The van der Waals surface area contributed by atoms with Gasteiger partial charge in [-0.15, -0.1) is 10.2 Å². The molecule has 0 saturated carbocycles. The Hall–Kier alpha value is -2.61. The number of furan rings is 1. The molecule has 0 saturated heterocycles. The zero-order valence-electron chi connectivity index (χ0n) is 15.8. The molecule has 0 fully saturated rings. The smallest absolute Gasteiger partial charge is 0.233 e. The first kappa shape index (κ1) is 19.2. The Balaban J connectivity index is 1.88. The van der Waals surface area contributed by atoms with Crippen molar-refractivity contribution >= 4 is 17.7 Å². The van der Waals surface area contributed by atoms with Gasteiger partial charge in [0.2, 0.25) is 5.91 Å². The van der Waals surface area contributed by atoms with E-state index in [1.54, 1.807) is 18.7 Å². The Labute approximate surface area is 162 Å². The lowest BCUT2D eigenvalue weighted by molar-refractivity contribution is -0.121. The summed E-state index contributed by atoms with van der Waals surface area (Å²) in [7, 11) is 0. The number of hydrogen-bond donors (Lipinski definition) is 1. The average Bonchev–Trinajstić information content (AvgIpc) is 3.25. The Morgan fingerprint density at radius 2 is 2.11 bits per heavy atom. The molecule has 8 heteroatoms. The van der Waals surface area contributed by atoms with Crippen molar-refractivity contribution in [3.05, 3.63) is 48.7 Å². The molecule has 1 N–H and O–H groups in total. The second kappa shape index (κ2) is 7.96. The third kappa shape index (κ3) is 4.97. The van der Waals surface area contributed by atoms with Crippen LogP contribution in [0.2, 0.25) is 0 Å². The molecule has 0 aliphatic rings. The van der Waals surface area contributed by atoms with E-state index in [0.717, 1.165) is 11.3 Å². The van der Waals surface area contributed by atoms with Crippen LogP contribution in [0, 0.1) is 0 Å². The molecule has 1 unspecified atom stereocenters. The molecule has 3 aromatic heterocycles. The highest BCUT2D eigenvalue weighted by Crippen LogP contribution is 2.28. The van der Waals surface area contributed by atoms with E-state index in [4.69, 9.17) is 4.42 Å². The average molecular weight is 385 g/mol. The van der Waals surface area contributed by atoms with Crippen molar-refractivity contribution in [3.63, 3.8) is 0 Å². The highest BCUT2D eigenvalue weighted by Gasteiger charge is 2.24. The van der Waals surface area contributed by atoms with E-state index in [9.17, 15) is 4.79 Å². The van der Waals surface area contributed by atoms with Crippen molar-refractivity contribution in [2.75, 3.05) is 0 Å². The fourth-order valence-corrected chi connectivity index (χ4v) is 3.32. The molecule has 27 heavy (non-hydrogen) atoms. The van der Waals surface area contributed by atoms with Gasteiger partial charge in [-0.1, -0.05) is 11.8 Å². The third-order valence-corrected chi connectivity index (χ3v) is 4.76. The quantitative estimate of drug-likeness (QED) is 0.655. The summed E-state index contributed by atoms with van der Waals surface area (Å²) in [5.74, 6) is 1.43. The second-order valence-corrected chi connectivity index (χ2v) is 8.52. The fourth-order valence-electron chi connectivity index (χ4n) is 2.47. The Kier molecular flexibility index (Phi) is 5.65. The van der Waals surface area contributed by atoms with E-state index in [2.05, 4.69) is 20.5 Å². The SMILES string of the molecule is CC(Sc1nnc(-c2cccnc2)n1Cc1ccco1)C(=O)NC(C)(C)C. The van der Waals surface area contributed by atoms with Crippen LogP contribution in [0.4, 0.5) is 0 Å².